The van der Waals surface area contributed by atoms with Crippen molar-refractivity contribution in [2.75, 3.05) is 0 Å². The molecular weight excluding hydrogens is 642 g/mol. The van der Waals surface area contributed by atoms with Gasteiger partial charge in [0.25, 0.3) is 0 Å². The molecule has 2 aromatic carbocycles. The Kier molecular flexibility index (Phi) is 13.9. The number of thioether (sulfide) groups is 1. The normalized spacial score (nSPS) is 21.9. The largest absolute Gasteiger partial charge is 0.461 e. The smallest absolute Gasteiger partial charge is 0.408 e. The minimum Gasteiger partial charge on any atom is -0.461 e. The molecule has 0 radical (unpaired) electrons. The van der Waals surface area contributed by atoms with Crippen LogP contribution in [0, 0.1) is 0 Å². The van der Waals surface area contributed by atoms with Crippen LogP contribution in [0.15, 0.2) is 65.6 Å². The molecule has 13 heteroatoms. The molecule has 6 atom stereocenters. The fourth-order valence-electron chi connectivity index (χ4n) is 5.30. The summed E-state index contributed by atoms with van der Waals surface area (Å²) in [7, 11) is 0. The third kappa shape index (κ3) is 12.2. The molecule has 1 amide bonds. The van der Waals surface area contributed by atoms with Gasteiger partial charge >= 0.3 is 30.0 Å². The molecule has 12 nitrogen and oxygen atoms in total. The van der Waals surface area contributed by atoms with Crippen LogP contribution in [-0.2, 0) is 54.2 Å². The number of rotatable bonds is 13. The highest BCUT2D eigenvalue weighted by Gasteiger charge is 2.56. The van der Waals surface area contributed by atoms with Gasteiger partial charge in [0, 0.05) is 32.1 Å². The number of amides is 1. The van der Waals surface area contributed by atoms with Gasteiger partial charge in [-0.1, -0.05) is 67.2 Å². The Balaban J connectivity index is 2.16. The Bertz CT molecular complexity index is 1400. The summed E-state index contributed by atoms with van der Waals surface area (Å²) in [5.74, 6) is -2.64. The van der Waals surface area contributed by atoms with E-state index in [9.17, 15) is 24.0 Å². The number of hydrogen-bond acceptors (Lipinski definition) is 12. The molecule has 1 heterocycles. The summed E-state index contributed by atoms with van der Waals surface area (Å²) in [6.45, 7) is 10.4. The molecule has 1 saturated heterocycles. The first kappa shape index (κ1) is 38.3. The van der Waals surface area contributed by atoms with E-state index in [-0.39, 0.29) is 25.9 Å². The Labute approximate surface area is 285 Å². The Morgan fingerprint density at radius 1 is 0.917 bits per heavy atom. The lowest BCUT2D eigenvalue weighted by atomic mass is 9.88. The van der Waals surface area contributed by atoms with Gasteiger partial charge in [-0.05, 0) is 44.9 Å². The summed E-state index contributed by atoms with van der Waals surface area (Å²) in [5, 5.41) is 2.75. The van der Waals surface area contributed by atoms with Crippen molar-refractivity contribution in [2.24, 2.45) is 0 Å². The summed E-state index contributed by atoms with van der Waals surface area (Å²) in [5.41, 5.74) is -0.111. The summed E-state index contributed by atoms with van der Waals surface area (Å²) in [6.07, 6.45) is -5.89. The molecule has 3 rings (SSSR count). The van der Waals surface area contributed by atoms with Crippen LogP contribution in [0.25, 0.3) is 0 Å². The third-order valence-electron chi connectivity index (χ3n) is 7.03. The van der Waals surface area contributed by atoms with Crippen molar-refractivity contribution in [3.8, 4) is 0 Å². The van der Waals surface area contributed by atoms with E-state index in [1.807, 2.05) is 60.7 Å². The lowest BCUT2D eigenvalue weighted by Gasteiger charge is -2.50. The zero-order valence-corrected chi connectivity index (χ0v) is 29.2. The number of carbonyl (C=O) groups excluding carboxylic acids is 5. The van der Waals surface area contributed by atoms with Crippen molar-refractivity contribution >= 4 is 41.7 Å². The molecule has 0 bridgehead atoms. The van der Waals surface area contributed by atoms with Crippen LogP contribution in [-0.4, -0.2) is 71.0 Å². The van der Waals surface area contributed by atoms with E-state index in [2.05, 4.69) is 5.32 Å². The van der Waals surface area contributed by atoms with Crippen LogP contribution in [0.3, 0.4) is 0 Å². The van der Waals surface area contributed by atoms with Gasteiger partial charge in [-0.15, -0.1) is 0 Å². The van der Waals surface area contributed by atoms with Gasteiger partial charge in [0.05, 0.1) is 12.5 Å². The third-order valence-corrected chi connectivity index (χ3v) is 8.32. The minimum absolute atomic E-state index is 0.00577. The summed E-state index contributed by atoms with van der Waals surface area (Å²) < 4.78 is 35.1. The summed E-state index contributed by atoms with van der Waals surface area (Å²) in [6, 6.07) is 17.1. The number of esters is 4. The molecule has 0 aromatic heterocycles. The van der Waals surface area contributed by atoms with Crippen molar-refractivity contribution in [1.82, 2.24) is 5.32 Å². The number of hydrogen-bond donors (Lipinski definition) is 1. The highest BCUT2D eigenvalue weighted by Crippen LogP contribution is 2.47. The van der Waals surface area contributed by atoms with Gasteiger partial charge in [-0.25, -0.2) is 4.79 Å². The molecule has 3 unspecified atom stereocenters. The van der Waals surface area contributed by atoms with Crippen molar-refractivity contribution in [2.45, 2.75) is 120 Å². The quantitative estimate of drug-likeness (QED) is 0.209. The van der Waals surface area contributed by atoms with E-state index in [0.29, 0.717) is 4.90 Å². The maximum atomic E-state index is 13.5. The van der Waals surface area contributed by atoms with E-state index in [1.54, 1.807) is 27.7 Å². The van der Waals surface area contributed by atoms with Crippen molar-refractivity contribution in [3.05, 3.63) is 66.2 Å². The molecule has 1 N–H and O–H groups in total. The fourth-order valence-corrected chi connectivity index (χ4v) is 6.62. The van der Waals surface area contributed by atoms with Gasteiger partial charge in [-0.2, -0.15) is 0 Å². The monoisotopic (exact) mass is 687 g/mol. The summed E-state index contributed by atoms with van der Waals surface area (Å²) in [4.78, 5) is 63.3. The van der Waals surface area contributed by atoms with Crippen LogP contribution in [0.4, 0.5) is 4.79 Å². The number of ether oxygens (including phenoxy) is 6. The Hall–Kier alpha value is -4.10. The number of nitrogens with one attached hydrogen (secondary N) is 1. The van der Waals surface area contributed by atoms with E-state index >= 15 is 0 Å². The van der Waals surface area contributed by atoms with Crippen LogP contribution >= 0.6 is 11.8 Å². The molecule has 2 aromatic rings. The first-order valence-corrected chi connectivity index (χ1v) is 16.5. The zero-order valence-electron chi connectivity index (χ0n) is 28.4. The molecule has 48 heavy (non-hydrogen) atoms. The Morgan fingerprint density at radius 2 is 1.52 bits per heavy atom. The van der Waals surface area contributed by atoms with Crippen LogP contribution in [0.5, 0.6) is 0 Å². The average Bonchev–Trinajstić information content (AvgIpc) is 2.98. The second-order valence-corrected chi connectivity index (χ2v) is 13.8. The SMILES string of the molecule is CC[C@@H](OC(C)=O)[C@@H](OC(C)=O)C1OC(CC(=O)OCc2ccccc2)(Sc2ccccc2)C[C@@H](OC(C)=O)C1NC(=O)OC(C)(C)C. The average molecular weight is 688 g/mol. The van der Waals surface area contributed by atoms with E-state index in [1.165, 1.54) is 32.5 Å². The topological polar surface area (TPSA) is 153 Å². The molecule has 0 aliphatic carbocycles. The Morgan fingerprint density at radius 3 is 2.06 bits per heavy atom. The van der Waals surface area contributed by atoms with E-state index in [0.717, 1.165) is 5.56 Å². The maximum Gasteiger partial charge on any atom is 0.408 e. The first-order valence-electron chi connectivity index (χ1n) is 15.7. The van der Waals surface area contributed by atoms with Crippen LogP contribution in [0.2, 0.25) is 0 Å². The van der Waals surface area contributed by atoms with Crippen LogP contribution < -0.4 is 5.32 Å². The standard InChI is InChI=1S/C35H45NO11S/c1-8-27(43-22(2)37)31(45-24(4)39)32-30(36-33(41)47-34(5,6)7)28(44-23(3)38)19-35(46-32,48-26-17-13-10-14-18-26)20-29(40)42-21-25-15-11-9-12-16-25/h9-18,27-28,30-32H,8,19-21H2,1-7H3,(H,36,41)/t27-,28-,30?,31-,32?,35?/m1/s1. The lowest BCUT2D eigenvalue weighted by molar-refractivity contribution is -0.216. The van der Waals surface area contributed by atoms with Crippen LogP contribution in [0.1, 0.15) is 73.3 Å². The maximum absolute atomic E-state index is 13.5. The fraction of sp³-hybridized carbons (Fsp3) is 0.514. The molecule has 0 saturated carbocycles. The van der Waals surface area contributed by atoms with Crippen molar-refractivity contribution in [3.63, 3.8) is 0 Å². The lowest BCUT2D eigenvalue weighted by Crippen LogP contribution is -2.66. The number of carbonyl (C=O) groups is 5. The second kappa shape index (κ2) is 17.3. The minimum atomic E-state index is -1.49. The van der Waals surface area contributed by atoms with Gasteiger partial charge in [0.15, 0.2) is 6.10 Å². The van der Waals surface area contributed by atoms with Gasteiger partial charge in [0.2, 0.25) is 0 Å². The predicted molar refractivity (Wildman–Crippen MR) is 175 cm³/mol. The first-order chi connectivity index (χ1) is 22.6. The molecule has 1 aliphatic heterocycles. The van der Waals surface area contributed by atoms with Gasteiger partial charge < -0.3 is 33.7 Å². The number of alkyl carbamates (subject to hydrolysis) is 1. The van der Waals surface area contributed by atoms with Crippen molar-refractivity contribution in [1.29, 1.82) is 0 Å². The molecule has 1 aliphatic rings. The zero-order chi connectivity index (χ0) is 35.5. The predicted octanol–water partition coefficient (Wildman–Crippen LogP) is 5.50. The van der Waals surface area contributed by atoms with Gasteiger partial charge in [0.1, 0.15) is 35.5 Å². The molecular formula is C35H45NO11S. The van der Waals surface area contributed by atoms with E-state index < -0.39 is 71.0 Å². The molecule has 0 spiro atoms. The highest BCUT2D eigenvalue weighted by molar-refractivity contribution is 8.00. The van der Waals surface area contributed by atoms with E-state index in [4.69, 9.17) is 28.4 Å². The molecule has 1 fully saturated rings. The van der Waals surface area contributed by atoms with Crippen molar-refractivity contribution < 1.29 is 52.4 Å². The summed E-state index contributed by atoms with van der Waals surface area (Å²) >= 11 is 1.19. The molecule has 262 valence electrons. The number of benzene rings is 2. The van der Waals surface area contributed by atoms with Gasteiger partial charge in [-0.3, -0.25) is 19.2 Å². The highest BCUT2D eigenvalue weighted by atomic mass is 32.2. The second-order valence-electron chi connectivity index (χ2n) is 12.4.